The molecular weight excluding hydrogens is 184 g/mol. The largest absolute Gasteiger partial charge is 0.299 e. The maximum absolute atomic E-state index is 10.3. The molecule has 74 valence electrons. The smallest absolute Gasteiger partial charge is 0.142 e. The second kappa shape index (κ2) is 4.09. The van der Waals surface area contributed by atoms with Crippen molar-refractivity contribution in [1.82, 2.24) is 0 Å². The van der Waals surface area contributed by atoms with Crippen molar-refractivity contribution >= 4 is 23.1 Å². The maximum atomic E-state index is 10.3. The summed E-state index contributed by atoms with van der Waals surface area (Å²) in [5.41, 5.74) is 2.31. The molecule has 1 nitrogen and oxygen atoms in total. The number of hydrogen-bond acceptors (Lipinski definition) is 1. The normalized spacial score (nSPS) is 11.0. The number of hydrogen-bond donors (Lipinski definition) is 0. The molecule has 15 heavy (non-hydrogen) atoms. The first-order valence-corrected chi connectivity index (χ1v) is 4.93. The van der Waals surface area contributed by atoms with E-state index in [4.69, 9.17) is 0 Å². The highest BCUT2D eigenvalue weighted by Crippen LogP contribution is 2.22. The van der Waals surface area contributed by atoms with Crippen LogP contribution in [0.3, 0.4) is 0 Å². The van der Waals surface area contributed by atoms with E-state index in [1.165, 1.54) is 22.4 Å². The van der Waals surface area contributed by atoms with Gasteiger partial charge in [-0.05, 0) is 34.9 Å². The fraction of sp³-hybridized carbons (Fsp3) is 0.0714. The highest BCUT2D eigenvalue weighted by atomic mass is 16.1. The van der Waals surface area contributed by atoms with Gasteiger partial charge in [-0.25, -0.2) is 0 Å². The second-order valence-corrected chi connectivity index (χ2v) is 3.51. The summed E-state index contributed by atoms with van der Waals surface area (Å²) in [5, 5.41) is 2.39. The molecule has 0 spiro atoms. The number of benzene rings is 2. The van der Waals surface area contributed by atoms with Gasteiger partial charge in [-0.2, -0.15) is 0 Å². The molecule has 0 unspecified atom stereocenters. The molecule has 0 heterocycles. The lowest BCUT2D eigenvalue weighted by Crippen LogP contribution is -1.83. The summed E-state index contributed by atoms with van der Waals surface area (Å²) in [4.78, 5) is 10.3. The molecule has 0 saturated heterocycles. The number of aldehydes is 1. The van der Waals surface area contributed by atoms with Gasteiger partial charge in [0.05, 0.1) is 0 Å². The van der Waals surface area contributed by atoms with Gasteiger partial charge in [0.2, 0.25) is 0 Å². The molecule has 0 aromatic heterocycles. The van der Waals surface area contributed by atoms with Gasteiger partial charge in [-0.3, -0.25) is 4.79 Å². The van der Waals surface area contributed by atoms with Crippen LogP contribution in [0.5, 0.6) is 0 Å². The molecule has 2 aromatic rings. The highest BCUT2D eigenvalue weighted by Gasteiger charge is 2.00. The third-order valence-electron chi connectivity index (χ3n) is 2.53. The fourth-order valence-corrected chi connectivity index (χ4v) is 1.76. The van der Waals surface area contributed by atoms with E-state index in [2.05, 4.69) is 31.2 Å². The van der Waals surface area contributed by atoms with Crippen molar-refractivity contribution in [2.75, 3.05) is 0 Å². The van der Waals surface area contributed by atoms with Crippen LogP contribution in [0.4, 0.5) is 0 Å². The minimum atomic E-state index is 0.807. The molecule has 0 radical (unpaired) electrons. The first-order valence-electron chi connectivity index (χ1n) is 4.93. The average Bonchev–Trinajstić information content (AvgIpc) is 2.28. The lowest BCUT2D eigenvalue weighted by molar-refractivity contribution is -0.104. The minimum Gasteiger partial charge on any atom is -0.299 e. The molecule has 0 bridgehead atoms. The average molecular weight is 196 g/mol. The Morgan fingerprint density at radius 2 is 1.87 bits per heavy atom. The number of carbonyl (C=O) groups is 1. The van der Waals surface area contributed by atoms with Gasteiger partial charge in [0, 0.05) is 0 Å². The van der Waals surface area contributed by atoms with Gasteiger partial charge in [0.15, 0.2) is 0 Å². The van der Waals surface area contributed by atoms with E-state index < -0.39 is 0 Å². The zero-order valence-corrected chi connectivity index (χ0v) is 8.60. The summed E-state index contributed by atoms with van der Waals surface area (Å²) < 4.78 is 0. The molecule has 2 rings (SSSR count). The van der Waals surface area contributed by atoms with Crippen molar-refractivity contribution in [3.05, 3.63) is 53.6 Å². The van der Waals surface area contributed by atoms with E-state index in [1.807, 2.05) is 18.2 Å². The summed E-state index contributed by atoms with van der Waals surface area (Å²) in [7, 11) is 0. The second-order valence-electron chi connectivity index (χ2n) is 3.51. The Balaban J connectivity index is 2.73. The molecule has 0 saturated carbocycles. The summed E-state index contributed by atoms with van der Waals surface area (Å²) in [6, 6.07) is 12.4. The fourth-order valence-electron chi connectivity index (χ4n) is 1.76. The van der Waals surface area contributed by atoms with Gasteiger partial charge >= 0.3 is 0 Å². The zero-order valence-electron chi connectivity index (χ0n) is 8.60. The first-order chi connectivity index (χ1) is 7.33. The first kappa shape index (κ1) is 9.66. The highest BCUT2D eigenvalue weighted by molar-refractivity contribution is 5.93. The van der Waals surface area contributed by atoms with Gasteiger partial charge in [-0.15, -0.1) is 0 Å². The Kier molecular flexibility index (Phi) is 2.64. The van der Waals surface area contributed by atoms with Crippen LogP contribution in [0.25, 0.3) is 16.8 Å². The predicted octanol–water partition coefficient (Wildman–Crippen LogP) is 3.36. The number of allylic oxidation sites excluding steroid dienone is 1. The Morgan fingerprint density at radius 1 is 1.07 bits per heavy atom. The number of aryl methyl sites for hydroxylation is 1. The summed E-state index contributed by atoms with van der Waals surface area (Å²) in [6.45, 7) is 2.05. The predicted molar refractivity (Wildman–Crippen MR) is 63.8 cm³/mol. The van der Waals surface area contributed by atoms with Crippen molar-refractivity contribution in [1.29, 1.82) is 0 Å². The summed E-state index contributed by atoms with van der Waals surface area (Å²) in [5.74, 6) is 0. The van der Waals surface area contributed by atoms with Crippen LogP contribution in [0, 0.1) is 6.92 Å². The Labute approximate surface area is 89.0 Å². The molecule has 0 fully saturated rings. The molecule has 1 heteroatoms. The van der Waals surface area contributed by atoms with Crippen LogP contribution in [-0.2, 0) is 4.79 Å². The summed E-state index contributed by atoms with van der Waals surface area (Å²) >= 11 is 0. The van der Waals surface area contributed by atoms with Crippen LogP contribution >= 0.6 is 0 Å². The Hall–Kier alpha value is -1.89. The lowest BCUT2D eigenvalue weighted by atomic mass is 9.99. The summed E-state index contributed by atoms with van der Waals surface area (Å²) in [6.07, 6.45) is 4.21. The molecule has 0 amide bonds. The molecule has 0 aliphatic carbocycles. The minimum absolute atomic E-state index is 0.807. The third-order valence-corrected chi connectivity index (χ3v) is 2.53. The number of fused-ring (bicyclic) bond motifs is 1. The molecule has 2 aromatic carbocycles. The van der Waals surface area contributed by atoms with Gasteiger partial charge in [0.25, 0.3) is 0 Å². The molecular formula is C14H12O. The Bertz CT molecular complexity index is 524. The molecule has 0 atom stereocenters. The van der Waals surface area contributed by atoms with Crippen molar-refractivity contribution in [2.24, 2.45) is 0 Å². The molecule has 0 aliphatic rings. The van der Waals surface area contributed by atoms with Gasteiger partial charge in [0.1, 0.15) is 6.29 Å². The standard InChI is InChI=1S/C14H12O/c1-11-8-9-12-5-2-3-6-14(12)13(11)7-4-10-15/h2-10H,1H3. The van der Waals surface area contributed by atoms with Crippen molar-refractivity contribution in [2.45, 2.75) is 6.92 Å². The quantitative estimate of drug-likeness (QED) is 0.531. The SMILES string of the molecule is Cc1ccc2ccccc2c1C=CC=O. The third kappa shape index (κ3) is 1.82. The van der Waals surface area contributed by atoms with E-state index in [-0.39, 0.29) is 0 Å². The van der Waals surface area contributed by atoms with Crippen LogP contribution in [-0.4, -0.2) is 6.29 Å². The van der Waals surface area contributed by atoms with E-state index in [0.717, 1.165) is 11.8 Å². The molecule has 0 N–H and O–H groups in total. The van der Waals surface area contributed by atoms with E-state index in [1.54, 1.807) is 0 Å². The monoisotopic (exact) mass is 196 g/mol. The van der Waals surface area contributed by atoms with Crippen LogP contribution in [0.2, 0.25) is 0 Å². The van der Waals surface area contributed by atoms with E-state index in [9.17, 15) is 4.79 Å². The Morgan fingerprint density at radius 3 is 2.67 bits per heavy atom. The van der Waals surface area contributed by atoms with E-state index in [0.29, 0.717) is 0 Å². The van der Waals surface area contributed by atoms with Crippen molar-refractivity contribution < 1.29 is 4.79 Å². The van der Waals surface area contributed by atoms with Gasteiger partial charge in [-0.1, -0.05) is 42.5 Å². The van der Waals surface area contributed by atoms with Crippen LogP contribution < -0.4 is 0 Å². The van der Waals surface area contributed by atoms with Gasteiger partial charge < -0.3 is 0 Å². The molecule has 0 aliphatic heterocycles. The maximum Gasteiger partial charge on any atom is 0.142 e. The van der Waals surface area contributed by atoms with Crippen molar-refractivity contribution in [3.8, 4) is 0 Å². The topological polar surface area (TPSA) is 17.1 Å². The number of rotatable bonds is 2. The lowest BCUT2D eigenvalue weighted by Gasteiger charge is -2.05. The van der Waals surface area contributed by atoms with Crippen LogP contribution in [0.1, 0.15) is 11.1 Å². The van der Waals surface area contributed by atoms with E-state index >= 15 is 0 Å². The zero-order chi connectivity index (χ0) is 10.7. The van der Waals surface area contributed by atoms with Crippen LogP contribution in [0.15, 0.2) is 42.5 Å². The van der Waals surface area contributed by atoms with Crippen molar-refractivity contribution in [3.63, 3.8) is 0 Å². The number of carbonyl (C=O) groups excluding carboxylic acids is 1.